The molecule has 28 heavy (non-hydrogen) atoms. The van der Waals surface area contributed by atoms with Crippen molar-refractivity contribution in [2.75, 3.05) is 46.8 Å². The van der Waals surface area contributed by atoms with Crippen LogP contribution in [0.25, 0.3) is 4.96 Å². The second kappa shape index (κ2) is 8.43. The Bertz CT molecular complexity index is 927. The summed E-state index contributed by atoms with van der Waals surface area (Å²) in [5, 5.41) is 2.03. The molecule has 148 valence electrons. The van der Waals surface area contributed by atoms with Gasteiger partial charge in [-0.3, -0.25) is 14.1 Å². The molecule has 2 aromatic heterocycles. The van der Waals surface area contributed by atoms with Crippen molar-refractivity contribution in [3.8, 4) is 0 Å². The Hall–Kier alpha value is -2.22. The molecule has 7 heteroatoms. The highest BCUT2D eigenvalue weighted by molar-refractivity contribution is 7.15. The number of amides is 1. The monoisotopic (exact) mass is 397 g/mol. The molecule has 3 heterocycles. The fourth-order valence-electron chi connectivity index (χ4n) is 3.60. The highest BCUT2D eigenvalue weighted by Crippen LogP contribution is 2.21. The van der Waals surface area contributed by atoms with E-state index in [1.54, 1.807) is 16.2 Å². The molecule has 0 N–H and O–H groups in total. The normalized spacial score (nSPS) is 15.9. The summed E-state index contributed by atoms with van der Waals surface area (Å²) in [6, 6.07) is 10.3. The number of piperazine rings is 1. The van der Waals surface area contributed by atoms with Gasteiger partial charge >= 0.3 is 0 Å². The van der Waals surface area contributed by atoms with Crippen LogP contribution in [0, 0.1) is 0 Å². The quantitative estimate of drug-likeness (QED) is 0.641. The van der Waals surface area contributed by atoms with E-state index in [9.17, 15) is 4.79 Å². The predicted octanol–water partition coefficient (Wildman–Crippen LogP) is 2.46. The first-order valence-corrected chi connectivity index (χ1v) is 10.6. The SMILES string of the molecule is CN1CCN(Cc2c(C(=O)N(C)CCc3ccccc3)nc3sccn23)CC1. The van der Waals surface area contributed by atoms with E-state index in [1.807, 2.05) is 36.8 Å². The number of aromatic nitrogens is 2. The zero-order valence-electron chi connectivity index (χ0n) is 16.5. The third-order valence-corrected chi connectivity index (χ3v) is 6.21. The van der Waals surface area contributed by atoms with Gasteiger partial charge in [-0.2, -0.15) is 0 Å². The van der Waals surface area contributed by atoms with Crippen LogP contribution in [0.1, 0.15) is 21.7 Å². The topological polar surface area (TPSA) is 44.1 Å². The largest absolute Gasteiger partial charge is 0.340 e. The maximum Gasteiger partial charge on any atom is 0.274 e. The minimum Gasteiger partial charge on any atom is -0.340 e. The minimum absolute atomic E-state index is 0.0101. The lowest BCUT2D eigenvalue weighted by atomic mass is 10.1. The van der Waals surface area contributed by atoms with Crippen molar-refractivity contribution in [3.05, 3.63) is 58.9 Å². The molecule has 0 saturated carbocycles. The van der Waals surface area contributed by atoms with Gasteiger partial charge in [-0.25, -0.2) is 4.98 Å². The molecule has 6 nitrogen and oxygen atoms in total. The molecule has 1 aliphatic rings. The maximum atomic E-state index is 13.2. The van der Waals surface area contributed by atoms with Crippen LogP contribution in [-0.2, 0) is 13.0 Å². The van der Waals surface area contributed by atoms with Gasteiger partial charge in [-0.05, 0) is 19.0 Å². The molecule has 0 unspecified atom stereocenters. The van der Waals surface area contributed by atoms with Crippen LogP contribution in [0.15, 0.2) is 41.9 Å². The lowest BCUT2D eigenvalue weighted by molar-refractivity contribution is 0.0787. The van der Waals surface area contributed by atoms with Gasteiger partial charge < -0.3 is 9.80 Å². The molecule has 0 bridgehead atoms. The van der Waals surface area contributed by atoms with Crippen molar-refractivity contribution in [1.82, 2.24) is 24.1 Å². The average molecular weight is 398 g/mol. The van der Waals surface area contributed by atoms with Crippen LogP contribution in [-0.4, -0.2) is 76.8 Å². The van der Waals surface area contributed by atoms with Crippen molar-refractivity contribution in [3.63, 3.8) is 0 Å². The molecule has 0 radical (unpaired) electrons. The zero-order chi connectivity index (χ0) is 19.5. The van der Waals surface area contributed by atoms with Gasteiger partial charge in [0.05, 0.1) is 5.69 Å². The van der Waals surface area contributed by atoms with Gasteiger partial charge in [0, 0.05) is 57.9 Å². The number of likely N-dealkylation sites (N-methyl/N-ethyl adjacent to an activating group) is 2. The van der Waals surface area contributed by atoms with Crippen LogP contribution in [0.2, 0.25) is 0 Å². The lowest BCUT2D eigenvalue weighted by Gasteiger charge is -2.32. The number of hydrogen-bond acceptors (Lipinski definition) is 5. The van der Waals surface area contributed by atoms with Crippen molar-refractivity contribution in [2.45, 2.75) is 13.0 Å². The van der Waals surface area contributed by atoms with E-state index >= 15 is 0 Å². The highest BCUT2D eigenvalue weighted by Gasteiger charge is 2.25. The molecule has 1 fully saturated rings. The van der Waals surface area contributed by atoms with Crippen LogP contribution in [0.3, 0.4) is 0 Å². The van der Waals surface area contributed by atoms with Crippen molar-refractivity contribution in [1.29, 1.82) is 0 Å². The molecular weight excluding hydrogens is 370 g/mol. The molecule has 1 amide bonds. The number of imidazole rings is 1. The summed E-state index contributed by atoms with van der Waals surface area (Å²) in [6.45, 7) is 5.61. The lowest BCUT2D eigenvalue weighted by Crippen LogP contribution is -2.44. The third kappa shape index (κ3) is 4.11. The number of fused-ring (bicyclic) bond motifs is 1. The van der Waals surface area contributed by atoms with E-state index in [0.29, 0.717) is 12.2 Å². The molecule has 0 aliphatic carbocycles. The van der Waals surface area contributed by atoms with Gasteiger partial charge in [0.25, 0.3) is 5.91 Å². The standard InChI is InChI=1S/C21H27N5OS/c1-23-10-12-25(13-11-23)16-18-19(22-21-26(18)14-15-28-21)20(27)24(2)9-8-17-6-4-3-5-7-17/h3-7,14-15H,8-13,16H2,1-2H3. The predicted molar refractivity (Wildman–Crippen MR) is 113 cm³/mol. The molecule has 4 rings (SSSR count). The minimum atomic E-state index is 0.0101. The summed E-state index contributed by atoms with van der Waals surface area (Å²) < 4.78 is 2.08. The molecular formula is C21H27N5OS. The Morgan fingerprint density at radius 2 is 1.93 bits per heavy atom. The second-order valence-corrected chi connectivity index (χ2v) is 8.38. The van der Waals surface area contributed by atoms with Gasteiger partial charge in [0.15, 0.2) is 10.7 Å². The Kier molecular flexibility index (Phi) is 5.75. The summed E-state index contributed by atoms with van der Waals surface area (Å²) in [5.41, 5.74) is 2.85. The van der Waals surface area contributed by atoms with Gasteiger partial charge in [-0.15, -0.1) is 11.3 Å². The van der Waals surface area contributed by atoms with Gasteiger partial charge in [0.1, 0.15) is 0 Å². The number of rotatable bonds is 6. The number of thiazole rings is 1. The van der Waals surface area contributed by atoms with Crippen LogP contribution < -0.4 is 0 Å². The third-order valence-electron chi connectivity index (χ3n) is 5.46. The summed E-state index contributed by atoms with van der Waals surface area (Å²) in [6.07, 6.45) is 2.87. The first-order chi connectivity index (χ1) is 13.6. The fourth-order valence-corrected chi connectivity index (χ4v) is 4.33. The first kappa shape index (κ1) is 19.1. The smallest absolute Gasteiger partial charge is 0.274 e. The van der Waals surface area contributed by atoms with Gasteiger partial charge in [0.2, 0.25) is 0 Å². The number of benzene rings is 1. The Morgan fingerprint density at radius 1 is 1.18 bits per heavy atom. The van der Waals surface area contributed by atoms with Crippen LogP contribution in [0.4, 0.5) is 0 Å². The van der Waals surface area contributed by atoms with E-state index in [-0.39, 0.29) is 5.91 Å². The number of hydrogen-bond donors (Lipinski definition) is 0. The maximum absolute atomic E-state index is 13.2. The van der Waals surface area contributed by atoms with E-state index in [2.05, 4.69) is 38.4 Å². The number of nitrogens with zero attached hydrogens (tertiary/aromatic N) is 5. The van der Waals surface area contributed by atoms with E-state index in [0.717, 1.165) is 49.8 Å². The summed E-state index contributed by atoms with van der Waals surface area (Å²) >= 11 is 1.58. The molecule has 1 aromatic carbocycles. The second-order valence-electron chi connectivity index (χ2n) is 7.50. The first-order valence-electron chi connectivity index (χ1n) is 9.76. The molecule has 0 spiro atoms. The highest BCUT2D eigenvalue weighted by atomic mass is 32.1. The van der Waals surface area contributed by atoms with Crippen LogP contribution in [0.5, 0.6) is 0 Å². The average Bonchev–Trinajstić information content (AvgIpc) is 3.30. The Balaban J connectivity index is 1.50. The zero-order valence-corrected chi connectivity index (χ0v) is 17.4. The number of carbonyl (C=O) groups excluding carboxylic acids is 1. The Morgan fingerprint density at radius 3 is 2.68 bits per heavy atom. The molecule has 1 saturated heterocycles. The molecule has 0 atom stereocenters. The number of carbonyl (C=O) groups is 1. The van der Waals surface area contributed by atoms with Gasteiger partial charge in [-0.1, -0.05) is 30.3 Å². The summed E-state index contributed by atoms with van der Waals surface area (Å²) in [5.74, 6) is 0.0101. The molecule has 3 aromatic rings. The van der Waals surface area contributed by atoms with Crippen molar-refractivity contribution < 1.29 is 4.79 Å². The molecule has 1 aliphatic heterocycles. The Labute approximate surface area is 170 Å². The summed E-state index contributed by atoms with van der Waals surface area (Å²) in [4.78, 5) is 25.3. The fraction of sp³-hybridized carbons (Fsp3) is 0.429. The van der Waals surface area contributed by atoms with Crippen LogP contribution >= 0.6 is 11.3 Å². The van der Waals surface area contributed by atoms with E-state index in [1.165, 1.54) is 5.56 Å². The van der Waals surface area contributed by atoms with E-state index in [4.69, 9.17) is 0 Å². The van der Waals surface area contributed by atoms with Crippen molar-refractivity contribution >= 4 is 22.2 Å². The summed E-state index contributed by atoms with van der Waals surface area (Å²) in [7, 11) is 4.03. The van der Waals surface area contributed by atoms with Crippen molar-refractivity contribution in [2.24, 2.45) is 0 Å². The van der Waals surface area contributed by atoms with E-state index < -0.39 is 0 Å².